The van der Waals surface area contributed by atoms with Crippen LogP contribution in [0.2, 0.25) is 0 Å². The molecule has 7 nitrogen and oxygen atoms in total. The Morgan fingerprint density at radius 1 is 1.44 bits per heavy atom. The molecule has 0 bridgehead atoms. The fourth-order valence-corrected chi connectivity index (χ4v) is 2.96. The van der Waals surface area contributed by atoms with Crippen molar-refractivity contribution in [1.82, 2.24) is 24.7 Å². The second-order valence-corrected chi connectivity index (χ2v) is 6.10. The fraction of sp³-hybridized carbons (Fsp3) is 0.176. The molecule has 0 aliphatic heterocycles. The highest BCUT2D eigenvalue weighted by Crippen LogP contribution is 2.21. The van der Waals surface area contributed by atoms with E-state index in [2.05, 4.69) is 32.0 Å². The molecule has 0 aliphatic rings. The van der Waals surface area contributed by atoms with E-state index in [9.17, 15) is 0 Å². The summed E-state index contributed by atoms with van der Waals surface area (Å²) >= 11 is 1.63. The summed E-state index contributed by atoms with van der Waals surface area (Å²) in [7, 11) is 1.60. The van der Waals surface area contributed by atoms with Gasteiger partial charge in [0.2, 0.25) is 11.7 Å². The van der Waals surface area contributed by atoms with Crippen molar-refractivity contribution < 1.29 is 4.74 Å². The molecule has 0 atom stereocenters. The number of imidazole rings is 1. The van der Waals surface area contributed by atoms with Gasteiger partial charge in [0, 0.05) is 35.8 Å². The van der Waals surface area contributed by atoms with Gasteiger partial charge in [-0.15, -0.1) is 11.8 Å². The Balaban J connectivity index is 1.70. The highest BCUT2D eigenvalue weighted by Gasteiger charge is 2.12. The zero-order valence-corrected chi connectivity index (χ0v) is 14.8. The van der Waals surface area contributed by atoms with Gasteiger partial charge in [-0.2, -0.15) is 0 Å². The molecule has 128 valence electrons. The molecule has 0 unspecified atom stereocenters. The van der Waals surface area contributed by atoms with Gasteiger partial charge in [-0.05, 0) is 25.8 Å². The van der Waals surface area contributed by atoms with Crippen molar-refractivity contribution in [3.8, 4) is 5.88 Å². The topological polar surface area (TPSA) is 76.7 Å². The van der Waals surface area contributed by atoms with Crippen molar-refractivity contribution in [3.05, 3.63) is 54.4 Å². The molecule has 0 radical (unpaired) electrons. The zero-order chi connectivity index (χ0) is 17.6. The largest absolute Gasteiger partial charge is 0.481 e. The molecule has 3 heterocycles. The maximum atomic E-state index is 5.05. The van der Waals surface area contributed by atoms with Gasteiger partial charge < -0.3 is 10.1 Å². The predicted molar refractivity (Wildman–Crippen MR) is 99.9 cm³/mol. The Labute approximate surface area is 149 Å². The van der Waals surface area contributed by atoms with Gasteiger partial charge in [0.25, 0.3) is 0 Å². The molecule has 0 saturated heterocycles. The van der Waals surface area contributed by atoms with Crippen LogP contribution in [0.25, 0.3) is 11.5 Å². The van der Waals surface area contributed by atoms with Crippen molar-refractivity contribution in [2.75, 3.05) is 13.0 Å². The summed E-state index contributed by atoms with van der Waals surface area (Å²) in [6, 6.07) is 5.66. The third-order valence-electron chi connectivity index (χ3n) is 3.47. The van der Waals surface area contributed by atoms with E-state index in [-0.39, 0.29) is 0 Å². The maximum absolute atomic E-state index is 5.05. The van der Waals surface area contributed by atoms with Crippen LogP contribution in [-0.2, 0) is 0 Å². The SMILES string of the molecule is C=N/C(=C\NCSc1ccc(OC)nc1)c1c(C)nc2ncccn12. The standard InChI is InChI=1S/C17H18N6OS/c1-12-16(23-8-4-7-20-17(23)22-12)14(18-2)10-19-11-25-13-5-6-15(24-3)21-9-13/h4-10,19H,2,11H2,1,3H3/b14-10-. The van der Waals surface area contributed by atoms with E-state index in [1.807, 2.05) is 41.9 Å². The normalized spacial score (nSPS) is 11.5. The van der Waals surface area contributed by atoms with E-state index in [0.717, 1.165) is 16.3 Å². The summed E-state index contributed by atoms with van der Waals surface area (Å²) in [5, 5.41) is 3.24. The van der Waals surface area contributed by atoms with Gasteiger partial charge in [0.15, 0.2) is 0 Å². The molecule has 25 heavy (non-hydrogen) atoms. The van der Waals surface area contributed by atoms with Gasteiger partial charge >= 0.3 is 0 Å². The maximum Gasteiger partial charge on any atom is 0.234 e. The summed E-state index contributed by atoms with van der Waals surface area (Å²) in [6.45, 7) is 5.60. The number of methoxy groups -OCH3 is 1. The monoisotopic (exact) mass is 354 g/mol. The van der Waals surface area contributed by atoms with Gasteiger partial charge in [-0.25, -0.2) is 15.0 Å². The molecule has 3 rings (SSSR count). The Morgan fingerprint density at radius 3 is 3.04 bits per heavy atom. The summed E-state index contributed by atoms with van der Waals surface area (Å²) in [6.07, 6.45) is 7.24. The lowest BCUT2D eigenvalue weighted by Gasteiger charge is -2.06. The second-order valence-electron chi connectivity index (χ2n) is 5.05. The van der Waals surface area contributed by atoms with Crippen LogP contribution in [0.5, 0.6) is 5.88 Å². The minimum atomic E-state index is 0.604. The molecule has 1 N–H and O–H groups in total. The summed E-state index contributed by atoms with van der Waals surface area (Å²) in [5.74, 6) is 1.91. The van der Waals surface area contributed by atoms with Crippen LogP contribution in [-0.4, -0.2) is 39.1 Å². The average molecular weight is 354 g/mol. The molecule has 0 amide bonds. The van der Waals surface area contributed by atoms with Crippen molar-refractivity contribution in [2.45, 2.75) is 11.8 Å². The van der Waals surface area contributed by atoms with E-state index in [0.29, 0.717) is 23.2 Å². The average Bonchev–Trinajstić information content (AvgIpc) is 2.98. The Bertz CT molecular complexity index is 903. The Morgan fingerprint density at radius 2 is 2.32 bits per heavy atom. The minimum Gasteiger partial charge on any atom is -0.481 e. The van der Waals surface area contributed by atoms with Crippen LogP contribution >= 0.6 is 11.8 Å². The van der Waals surface area contributed by atoms with Crippen molar-refractivity contribution in [3.63, 3.8) is 0 Å². The minimum absolute atomic E-state index is 0.604. The van der Waals surface area contributed by atoms with Crippen LogP contribution in [0, 0.1) is 6.92 Å². The second kappa shape index (κ2) is 7.80. The van der Waals surface area contributed by atoms with E-state index in [1.54, 1.807) is 31.3 Å². The van der Waals surface area contributed by atoms with E-state index in [4.69, 9.17) is 4.74 Å². The number of hydrogen-bond acceptors (Lipinski definition) is 7. The number of aryl methyl sites for hydroxylation is 1. The predicted octanol–water partition coefficient (Wildman–Crippen LogP) is 2.78. The number of ether oxygens (including phenoxy) is 1. The number of fused-ring (bicyclic) bond motifs is 1. The third-order valence-corrected chi connectivity index (χ3v) is 4.36. The van der Waals surface area contributed by atoms with E-state index < -0.39 is 0 Å². The van der Waals surface area contributed by atoms with Gasteiger partial charge in [-0.1, -0.05) is 0 Å². The van der Waals surface area contributed by atoms with Crippen LogP contribution in [0.15, 0.2) is 52.9 Å². The molecule has 3 aromatic heterocycles. The van der Waals surface area contributed by atoms with Gasteiger partial charge in [0.1, 0.15) is 5.70 Å². The first kappa shape index (κ1) is 17.0. The van der Waals surface area contributed by atoms with Crippen molar-refractivity contribution in [2.24, 2.45) is 4.99 Å². The number of nitrogens with zero attached hydrogens (tertiary/aromatic N) is 5. The third kappa shape index (κ3) is 3.80. The number of aliphatic imine (C=N–C) groups is 1. The van der Waals surface area contributed by atoms with Crippen LogP contribution in [0.1, 0.15) is 11.4 Å². The lowest BCUT2D eigenvalue weighted by molar-refractivity contribution is 0.397. The molecule has 8 heteroatoms. The van der Waals surface area contributed by atoms with E-state index >= 15 is 0 Å². The van der Waals surface area contributed by atoms with Gasteiger partial charge in [0.05, 0.1) is 24.4 Å². The fourth-order valence-electron chi connectivity index (χ4n) is 2.33. The first-order valence-corrected chi connectivity index (χ1v) is 8.54. The molecular weight excluding hydrogens is 336 g/mol. The van der Waals surface area contributed by atoms with Crippen LogP contribution in [0.4, 0.5) is 0 Å². The molecule has 0 fully saturated rings. The summed E-state index contributed by atoms with van der Waals surface area (Å²) in [4.78, 5) is 18.1. The van der Waals surface area contributed by atoms with Crippen LogP contribution in [0.3, 0.4) is 0 Å². The quantitative estimate of drug-likeness (QED) is 0.304. The number of rotatable bonds is 7. The van der Waals surface area contributed by atoms with Crippen molar-refractivity contribution >= 4 is 30.0 Å². The first-order valence-electron chi connectivity index (χ1n) is 7.56. The molecule has 0 spiro atoms. The van der Waals surface area contributed by atoms with E-state index in [1.165, 1.54) is 0 Å². The molecule has 3 aromatic rings. The molecule has 0 saturated carbocycles. The first-order chi connectivity index (χ1) is 12.2. The summed E-state index contributed by atoms with van der Waals surface area (Å²) in [5.41, 5.74) is 2.44. The lowest BCUT2D eigenvalue weighted by atomic mass is 10.3. The highest BCUT2D eigenvalue weighted by atomic mass is 32.2. The molecular formula is C17H18N6OS. The number of nitrogens with one attached hydrogen (secondary N) is 1. The summed E-state index contributed by atoms with van der Waals surface area (Å²) < 4.78 is 6.95. The Hall–Kier alpha value is -2.87. The molecule has 0 aromatic carbocycles. The highest BCUT2D eigenvalue weighted by molar-refractivity contribution is 7.99. The number of aromatic nitrogens is 4. The van der Waals surface area contributed by atoms with Gasteiger partial charge in [-0.3, -0.25) is 9.39 Å². The molecule has 0 aliphatic carbocycles. The lowest BCUT2D eigenvalue weighted by Crippen LogP contribution is -2.05. The van der Waals surface area contributed by atoms with Crippen LogP contribution < -0.4 is 10.1 Å². The zero-order valence-electron chi connectivity index (χ0n) is 14.0. The van der Waals surface area contributed by atoms with Crippen molar-refractivity contribution in [1.29, 1.82) is 0 Å². The smallest absolute Gasteiger partial charge is 0.234 e. The number of hydrogen-bond donors (Lipinski definition) is 1. The number of pyridine rings is 1. The number of thioether (sulfide) groups is 1. The Kier molecular flexibility index (Phi) is 5.30.